The third-order valence-corrected chi connectivity index (χ3v) is 4.90. The molecule has 1 saturated heterocycles. The number of benzene rings is 1. The topological polar surface area (TPSA) is 48.5 Å². The van der Waals surface area contributed by atoms with Gasteiger partial charge in [-0.2, -0.15) is 0 Å². The number of hydrogen-bond acceptors (Lipinski definition) is 4. The van der Waals surface area contributed by atoms with Gasteiger partial charge in [0.1, 0.15) is 5.69 Å². The summed E-state index contributed by atoms with van der Waals surface area (Å²) < 4.78 is 0. The number of pyridine rings is 1. The third-order valence-electron chi connectivity index (χ3n) is 4.67. The molecular formula is C19H21ClN4O. The molecule has 2 aliphatic rings. The van der Waals surface area contributed by atoms with Gasteiger partial charge in [0.25, 0.3) is 5.91 Å². The van der Waals surface area contributed by atoms with E-state index >= 15 is 0 Å². The van der Waals surface area contributed by atoms with Gasteiger partial charge in [-0.1, -0.05) is 17.7 Å². The Bertz CT molecular complexity index is 770. The summed E-state index contributed by atoms with van der Waals surface area (Å²) in [6, 6.07) is 12.2. The van der Waals surface area contributed by atoms with Crippen LogP contribution in [0.15, 0.2) is 42.6 Å². The van der Waals surface area contributed by atoms with Crippen molar-refractivity contribution in [2.45, 2.75) is 18.9 Å². The van der Waals surface area contributed by atoms with Crippen LogP contribution in [0.1, 0.15) is 23.3 Å². The molecule has 0 atom stereocenters. The summed E-state index contributed by atoms with van der Waals surface area (Å²) in [7, 11) is 0. The van der Waals surface area contributed by atoms with Gasteiger partial charge in [-0.15, -0.1) is 0 Å². The number of piperazine rings is 1. The van der Waals surface area contributed by atoms with Crippen LogP contribution in [0.5, 0.6) is 0 Å². The molecule has 1 aromatic carbocycles. The van der Waals surface area contributed by atoms with Gasteiger partial charge >= 0.3 is 0 Å². The fraction of sp³-hybridized carbons (Fsp3) is 0.368. The highest BCUT2D eigenvalue weighted by Crippen LogP contribution is 2.25. The zero-order valence-electron chi connectivity index (χ0n) is 14.0. The zero-order valence-corrected chi connectivity index (χ0v) is 14.7. The first-order valence-corrected chi connectivity index (χ1v) is 9.09. The number of aromatic nitrogens is 1. The quantitative estimate of drug-likeness (QED) is 0.913. The summed E-state index contributed by atoms with van der Waals surface area (Å²) in [6.07, 6.45) is 4.12. The smallest absolute Gasteiger partial charge is 0.272 e. The summed E-state index contributed by atoms with van der Waals surface area (Å²) in [5, 5.41) is 4.15. The first kappa shape index (κ1) is 16.2. The second kappa shape index (κ2) is 6.92. The molecule has 0 bridgehead atoms. The Morgan fingerprint density at radius 3 is 2.64 bits per heavy atom. The summed E-state index contributed by atoms with van der Waals surface area (Å²) in [6.45, 7) is 2.97. The molecule has 25 heavy (non-hydrogen) atoms. The Balaban J connectivity index is 1.39. The minimum Gasteiger partial charge on any atom is -0.382 e. The van der Waals surface area contributed by atoms with E-state index in [1.165, 1.54) is 12.8 Å². The van der Waals surface area contributed by atoms with E-state index in [-0.39, 0.29) is 5.91 Å². The SMILES string of the molecule is O=C(c1cc(NC2CC2)ccn1)N1CCN(c2cccc(Cl)c2)CC1. The molecule has 5 nitrogen and oxygen atoms in total. The van der Waals surface area contributed by atoms with Crippen molar-refractivity contribution in [3.8, 4) is 0 Å². The van der Waals surface area contributed by atoms with Gasteiger partial charge in [0.2, 0.25) is 0 Å². The van der Waals surface area contributed by atoms with Crippen LogP contribution in [0.2, 0.25) is 5.02 Å². The number of anilines is 2. The van der Waals surface area contributed by atoms with Crippen molar-refractivity contribution in [2.75, 3.05) is 36.4 Å². The minimum atomic E-state index is 0.00481. The Hall–Kier alpha value is -2.27. The third kappa shape index (κ3) is 3.87. The lowest BCUT2D eigenvalue weighted by molar-refractivity contribution is 0.0741. The number of amides is 1. The average Bonchev–Trinajstić information content (AvgIpc) is 3.45. The maximum atomic E-state index is 12.7. The lowest BCUT2D eigenvalue weighted by Crippen LogP contribution is -2.49. The van der Waals surface area contributed by atoms with E-state index in [1.54, 1.807) is 6.20 Å². The van der Waals surface area contributed by atoms with Crippen LogP contribution in [-0.2, 0) is 0 Å². The normalized spacial score (nSPS) is 17.5. The van der Waals surface area contributed by atoms with Gasteiger partial charge in [-0.25, -0.2) is 0 Å². The molecule has 0 unspecified atom stereocenters. The molecule has 1 aliphatic heterocycles. The van der Waals surface area contributed by atoms with Crippen LogP contribution < -0.4 is 10.2 Å². The molecule has 6 heteroatoms. The molecule has 0 radical (unpaired) electrons. The number of nitrogens with one attached hydrogen (secondary N) is 1. The van der Waals surface area contributed by atoms with Crippen LogP contribution in [0, 0.1) is 0 Å². The van der Waals surface area contributed by atoms with Crippen molar-refractivity contribution in [1.29, 1.82) is 0 Å². The van der Waals surface area contributed by atoms with Gasteiger partial charge in [-0.3, -0.25) is 9.78 Å². The van der Waals surface area contributed by atoms with Crippen molar-refractivity contribution in [2.24, 2.45) is 0 Å². The van der Waals surface area contributed by atoms with Crippen LogP contribution in [0.3, 0.4) is 0 Å². The Labute approximate surface area is 152 Å². The van der Waals surface area contributed by atoms with Crippen molar-refractivity contribution in [1.82, 2.24) is 9.88 Å². The molecule has 1 N–H and O–H groups in total. The highest BCUT2D eigenvalue weighted by Gasteiger charge is 2.24. The van der Waals surface area contributed by atoms with E-state index in [0.717, 1.165) is 29.5 Å². The number of nitrogens with zero attached hydrogens (tertiary/aromatic N) is 3. The van der Waals surface area contributed by atoms with Gasteiger partial charge in [0.15, 0.2) is 0 Å². The number of carbonyl (C=O) groups excluding carboxylic acids is 1. The highest BCUT2D eigenvalue weighted by molar-refractivity contribution is 6.30. The molecular weight excluding hydrogens is 336 g/mol. The maximum absolute atomic E-state index is 12.7. The molecule has 130 valence electrons. The fourth-order valence-electron chi connectivity index (χ4n) is 3.10. The summed E-state index contributed by atoms with van der Waals surface area (Å²) in [4.78, 5) is 21.2. The van der Waals surface area contributed by atoms with Crippen molar-refractivity contribution < 1.29 is 4.79 Å². The zero-order chi connectivity index (χ0) is 17.2. The maximum Gasteiger partial charge on any atom is 0.272 e. The highest BCUT2D eigenvalue weighted by atomic mass is 35.5. The molecule has 0 spiro atoms. The molecule has 1 amide bonds. The first-order valence-electron chi connectivity index (χ1n) is 8.71. The Morgan fingerprint density at radius 1 is 1.12 bits per heavy atom. The first-order chi connectivity index (χ1) is 12.2. The fourth-order valence-corrected chi connectivity index (χ4v) is 3.29. The molecule has 2 fully saturated rings. The molecule has 4 rings (SSSR count). The van der Waals surface area contributed by atoms with E-state index in [9.17, 15) is 4.79 Å². The monoisotopic (exact) mass is 356 g/mol. The van der Waals surface area contributed by atoms with Crippen LogP contribution >= 0.6 is 11.6 Å². The van der Waals surface area contributed by atoms with Crippen molar-refractivity contribution >= 4 is 28.9 Å². The van der Waals surface area contributed by atoms with Crippen LogP contribution in [-0.4, -0.2) is 48.0 Å². The van der Waals surface area contributed by atoms with Crippen molar-refractivity contribution in [3.05, 3.63) is 53.3 Å². The van der Waals surface area contributed by atoms with Crippen molar-refractivity contribution in [3.63, 3.8) is 0 Å². The minimum absolute atomic E-state index is 0.00481. The number of halogens is 1. The van der Waals surface area contributed by atoms with E-state index in [0.29, 0.717) is 24.8 Å². The summed E-state index contributed by atoms with van der Waals surface area (Å²) in [5.41, 5.74) is 2.61. The summed E-state index contributed by atoms with van der Waals surface area (Å²) in [5.74, 6) is 0.00481. The Kier molecular flexibility index (Phi) is 4.49. The van der Waals surface area contributed by atoms with E-state index < -0.39 is 0 Å². The van der Waals surface area contributed by atoms with E-state index in [4.69, 9.17) is 11.6 Å². The largest absolute Gasteiger partial charge is 0.382 e. The molecule has 1 aliphatic carbocycles. The van der Waals surface area contributed by atoms with E-state index in [2.05, 4.69) is 21.3 Å². The lowest BCUT2D eigenvalue weighted by Gasteiger charge is -2.36. The second-order valence-electron chi connectivity index (χ2n) is 6.61. The van der Waals surface area contributed by atoms with Gasteiger partial charge < -0.3 is 15.1 Å². The average molecular weight is 357 g/mol. The number of carbonyl (C=O) groups is 1. The predicted molar refractivity (Wildman–Crippen MR) is 100 cm³/mol. The Morgan fingerprint density at radius 2 is 1.92 bits per heavy atom. The molecule has 2 aromatic rings. The van der Waals surface area contributed by atoms with Gasteiger partial charge in [0.05, 0.1) is 0 Å². The summed E-state index contributed by atoms with van der Waals surface area (Å²) >= 11 is 6.07. The number of rotatable bonds is 4. The predicted octanol–water partition coefficient (Wildman–Crippen LogP) is 3.27. The van der Waals surface area contributed by atoms with Crippen LogP contribution in [0.4, 0.5) is 11.4 Å². The molecule has 1 aromatic heterocycles. The van der Waals surface area contributed by atoms with Gasteiger partial charge in [-0.05, 0) is 43.2 Å². The van der Waals surface area contributed by atoms with E-state index in [1.807, 2.05) is 35.2 Å². The number of hydrogen-bond donors (Lipinski definition) is 1. The lowest BCUT2D eigenvalue weighted by atomic mass is 10.2. The standard InChI is InChI=1S/C19H21ClN4O/c20-14-2-1-3-17(12-14)23-8-10-24(11-9-23)19(25)18-13-16(6-7-21-18)22-15-4-5-15/h1-3,6-7,12-13,15H,4-5,8-11H2,(H,21,22). The molecule has 1 saturated carbocycles. The van der Waals surface area contributed by atoms with Crippen LogP contribution in [0.25, 0.3) is 0 Å². The van der Waals surface area contributed by atoms with Gasteiger partial charge in [0, 0.05) is 54.8 Å². The molecule has 2 heterocycles. The second-order valence-corrected chi connectivity index (χ2v) is 7.04.